The van der Waals surface area contributed by atoms with Crippen molar-refractivity contribution in [1.82, 2.24) is 5.32 Å². The van der Waals surface area contributed by atoms with Gasteiger partial charge in [0.1, 0.15) is 13.2 Å². The molecule has 0 unspecified atom stereocenters. The normalized spacial score (nSPS) is 13.4. The molecule has 1 amide bonds. The number of hydrogen-bond donors (Lipinski definition) is 2. The maximum Gasteiger partial charge on any atom is 0.255 e. The summed E-state index contributed by atoms with van der Waals surface area (Å²) in [6.07, 6.45) is 0. The number of halogens is 1. The summed E-state index contributed by atoms with van der Waals surface area (Å²) in [7, 11) is 0. The van der Waals surface area contributed by atoms with Crippen molar-refractivity contribution in [3.8, 4) is 11.5 Å². The third kappa shape index (κ3) is 4.01. The summed E-state index contributed by atoms with van der Waals surface area (Å²) in [6.45, 7) is 5.07. The van der Waals surface area contributed by atoms with E-state index in [2.05, 4.69) is 5.32 Å². The molecular formula is C13H19ClN2O3. The number of amides is 1. The van der Waals surface area contributed by atoms with Crippen LogP contribution in [-0.4, -0.2) is 31.2 Å². The van der Waals surface area contributed by atoms with E-state index in [-0.39, 0.29) is 18.3 Å². The van der Waals surface area contributed by atoms with E-state index in [1.54, 1.807) is 18.2 Å². The third-order valence-electron chi connectivity index (χ3n) is 2.52. The topological polar surface area (TPSA) is 73.6 Å². The van der Waals surface area contributed by atoms with Crippen LogP contribution in [0, 0.1) is 0 Å². The van der Waals surface area contributed by atoms with Gasteiger partial charge in [0, 0.05) is 12.1 Å². The first kappa shape index (κ1) is 15.6. The van der Waals surface area contributed by atoms with Crippen LogP contribution in [0.15, 0.2) is 18.2 Å². The van der Waals surface area contributed by atoms with Crippen molar-refractivity contribution in [2.45, 2.75) is 19.4 Å². The summed E-state index contributed by atoms with van der Waals surface area (Å²) < 4.78 is 10.9. The van der Waals surface area contributed by atoms with Crippen LogP contribution in [0.25, 0.3) is 0 Å². The van der Waals surface area contributed by atoms with Crippen LogP contribution in [-0.2, 0) is 0 Å². The number of carbonyl (C=O) groups is 1. The molecule has 1 aliphatic heterocycles. The molecule has 106 valence electrons. The molecule has 0 atom stereocenters. The summed E-state index contributed by atoms with van der Waals surface area (Å²) in [5.41, 5.74) is 5.87. The van der Waals surface area contributed by atoms with Gasteiger partial charge in [-0.15, -0.1) is 12.4 Å². The average molecular weight is 287 g/mol. The highest BCUT2D eigenvalue weighted by atomic mass is 35.5. The monoisotopic (exact) mass is 286 g/mol. The molecule has 1 heterocycles. The van der Waals surface area contributed by atoms with Crippen LogP contribution < -0.4 is 20.5 Å². The third-order valence-corrected chi connectivity index (χ3v) is 2.52. The Bertz CT molecular complexity index is 458. The quantitative estimate of drug-likeness (QED) is 0.880. The Hall–Kier alpha value is -1.46. The SMILES string of the molecule is CC(C)(N)CNC(=O)c1cccc2c1OCCO2.Cl. The number of carbonyl (C=O) groups excluding carboxylic acids is 1. The van der Waals surface area contributed by atoms with E-state index in [0.717, 1.165) is 0 Å². The van der Waals surface area contributed by atoms with Crippen molar-refractivity contribution in [1.29, 1.82) is 0 Å². The van der Waals surface area contributed by atoms with Crippen LogP contribution in [0.2, 0.25) is 0 Å². The predicted molar refractivity (Wildman–Crippen MR) is 75.3 cm³/mol. The Labute approximate surface area is 118 Å². The number of ether oxygens (including phenoxy) is 2. The number of benzene rings is 1. The van der Waals surface area contributed by atoms with Crippen molar-refractivity contribution in [2.24, 2.45) is 5.73 Å². The van der Waals surface area contributed by atoms with Crippen molar-refractivity contribution < 1.29 is 14.3 Å². The highest BCUT2D eigenvalue weighted by Gasteiger charge is 2.21. The van der Waals surface area contributed by atoms with Gasteiger partial charge >= 0.3 is 0 Å². The van der Waals surface area contributed by atoms with Crippen LogP contribution in [0.5, 0.6) is 11.5 Å². The molecule has 0 bridgehead atoms. The van der Waals surface area contributed by atoms with E-state index < -0.39 is 5.54 Å². The number of nitrogens with two attached hydrogens (primary N) is 1. The lowest BCUT2D eigenvalue weighted by Gasteiger charge is -2.22. The molecule has 19 heavy (non-hydrogen) atoms. The highest BCUT2D eigenvalue weighted by molar-refractivity contribution is 5.97. The molecule has 0 radical (unpaired) electrons. The van der Waals surface area contributed by atoms with Gasteiger partial charge in [0.05, 0.1) is 5.56 Å². The summed E-state index contributed by atoms with van der Waals surface area (Å²) in [4.78, 5) is 12.1. The first-order valence-corrected chi connectivity index (χ1v) is 5.93. The van der Waals surface area contributed by atoms with Crippen molar-refractivity contribution >= 4 is 18.3 Å². The molecule has 5 nitrogen and oxygen atoms in total. The fourth-order valence-corrected chi connectivity index (χ4v) is 1.66. The fraction of sp³-hybridized carbons (Fsp3) is 0.462. The smallest absolute Gasteiger partial charge is 0.255 e. The van der Waals surface area contributed by atoms with Crippen LogP contribution >= 0.6 is 12.4 Å². The zero-order chi connectivity index (χ0) is 13.2. The van der Waals surface area contributed by atoms with Gasteiger partial charge in [-0.1, -0.05) is 6.07 Å². The second-order valence-corrected chi connectivity index (χ2v) is 5.00. The van der Waals surface area contributed by atoms with Crippen molar-refractivity contribution in [2.75, 3.05) is 19.8 Å². The molecule has 1 aliphatic rings. The number of nitrogens with one attached hydrogen (secondary N) is 1. The maximum absolute atomic E-state index is 12.1. The largest absolute Gasteiger partial charge is 0.486 e. The predicted octanol–water partition coefficient (Wildman–Crippen LogP) is 1.35. The Morgan fingerprint density at radius 3 is 2.74 bits per heavy atom. The summed E-state index contributed by atoms with van der Waals surface area (Å²) in [5.74, 6) is 0.924. The van der Waals surface area contributed by atoms with Gasteiger partial charge in [-0.25, -0.2) is 0 Å². The van der Waals surface area contributed by atoms with E-state index in [9.17, 15) is 4.79 Å². The van der Waals surface area contributed by atoms with E-state index in [0.29, 0.717) is 36.8 Å². The Balaban J connectivity index is 0.00000180. The minimum absolute atomic E-state index is 0. The minimum atomic E-state index is -0.443. The van der Waals surface area contributed by atoms with E-state index in [1.807, 2.05) is 13.8 Å². The molecule has 1 aromatic carbocycles. The molecule has 0 spiro atoms. The lowest BCUT2D eigenvalue weighted by molar-refractivity contribution is 0.0935. The van der Waals surface area contributed by atoms with Gasteiger partial charge < -0.3 is 20.5 Å². The van der Waals surface area contributed by atoms with Crippen LogP contribution in [0.3, 0.4) is 0 Å². The Morgan fingerprint density at radius 1 is 1.37 bits per heavy atom. The van der Waals surface area contributed by atoms with Gasteiger partial charge in [-0.3, -0.25) is 4.79 Å². The van der Waals surface area contributed by atoms with Gasteiger partial charge in [0.15, 0.2) is 11.5 Å². The van der Waals surface area contributed by atoms with E-state index in [4.69, 9.17) is 15.2 Å². The first-order valence-electron chi connectivity index (χ1n) is 5.93. The van der Waals surface area contributed by atoms with Gasteiger partial charge in [0.25, 0.3) is 5.91 Å². The second kappa shape index (κ2) is 6.12. The standard InChI is InChI=1S/C13H18N2O3.ClH/c1-13(2,14)8-15-12(16)9-4-3-5-10-11(9)18-7-6-17-10;/h3-5H,6-8,14H2,1-2H3,(H,15,16);1H. The average Bonchev–Trinajstić information content (AvgIpc) is 2.34. The summed E-state index contributed by atoms with van der Waals surface area (Å²) in [6, 6.07) is 5.28. The molecule has 0 aromatic heterocycles. The minimum Gasteiger partial charge on any atom is -0.486 e. The lowest BCUT2D eigenvalue weighted by Crippen LogP contribution is -2.45. The molecule has 0 saturated carbocycles. The van der Waals surface area contributed by atoms with Gasteiger partial charge in [-0.2, -0.15) is 0 Å². The number of fused-ring (bicyclic) bond motifs is 1. The van der Waals surface area contributed by atoms with Crippen LogP contribution in [0.4, 0.5) is 0 Å². The molecule has 2 rings (SSSR count). The first-order chi connectivity index (χ1) is 8.47. The van der Waals surface area contributed by atoms with Crippen molar-refractivity contribution in [3.05, 3.63) is 23.8 Å². The number of para-hydroxylation sites is 1. The van der Waals surface area contributed by atoms with Gasteiger partial charge in [0.2, 0.25) is 0 Å². The zero-order valence-corrected chi connectivity index (χ0v) is 11.9. The Morgan fingerprint density at radius 2 is 2.05 bits per heavy atom. The second-order valence-electron chi connectivity index (χ2n) is 5.00. The highest BCUT2D eigenvalue weighted by Crippen LogP contribution is 2.33. The molecule has 3 N–H and O–H groups in total. The summed E-state index contributed by atoms with van der Waals surface area (Å²) >= 11 is 0. The Kier molecular flexibility index (Phi) is 5.03. The molecule has 6 heteroatoms. The summed E-state index contributed by atoms with van der Waals surface area (Å²) in [5, 5.41) is 2.79. The van der Waals surface area contributed by atoms with Crippen LogP contribution in [0.1, 0.15) is 24.2 Å². The zero-order valence-electron chi connectivity index (χ0n) is 11.1. The molecule has 0 fully saturated rings. The molecule has 0 saturated heterocycles. The van der Waals surface area contributed by atoms with E-state index >= 15 is 0 Å². The van der Waals surface area contributed by atoms with E-state index in [1.165, 1.54) is 0 Å². The maximum atomic E-state index is 12.1. The molecular weight excluding hydrogens is 268 g/mol. The molecule has 1 aromatic rings. The van der Waals surface area contributed by atoms with Crippen molar-refractivity contribution in [3.63, 3.8) is 0 Å². The number of hydrogen-bond acceptors (Lipinski definition) is 4. The number of rotatable bonds is 3. The molecule has 0 aliphatic carbocycles. The lowest BCUT2D eigenvalue weighted by atomic mass is 10.1. The van der Waals surface area contributed by atoms with Gasteiger partial charge in [-0.05, 0) is 26.0 Å². The fourth-order valence-electron chi connectivity index (χ4n) is 1.66.